The van der Waals surface area contributed by atoms with Gasteiger partial charge in [0.2, 0.25) is 10.0 Å². The van der Waals surface area contributed by atoms with Crippen molar-refractivity contribution in [3.63, 3.8) is 0 Å². The van der Waals surface area contributed by atoms with Crippen molar-refractivity contribution < 1.29 is 8.42 Å². The second-order valence-electron chi connectivity index (χ2n) is 3.27. The first-order valence-electron chi connectivity index (χ1n) is 4.51. The Hall–Kier alpha value is -0.570. The summed E-state index contributed by atoms with van der Waals surface area (Å²) in [7, 11) is -3.49. The number of sulfonamides is 1. The van der Waals surface area contributed by atoms with Crippen molar-refractivity contribution in [1.29, 1.82) is 0 Å². The molecule has 0 saturated carbocycles. The predicted molar refractivity (Wildman–Crippen MR) is 68.9 cm³/mol. The second-order valence-corrected chi connectivity index (χ2v) is 6.77. The van der Waals surface area contributed by atoms with Crippen molar-refractivity contribution in [2.75, 3.05) is 0 Å². The normalized spacial score (nSPS) is 13.6. The quantitative estimate of drug-likeness (QED) is 0.769. The van der Waals surface area contributed by atoms with Crippen LogP contribution in [-0.4, -0.2) is 23.6 Å². The highest BCUT2D eigenvalue weighted by Gasteiger charge is 2.23. The summed E-state index contributed by atoms with van der Waals surface area (Å²) in [5.41, 5.74) is 7.81. The minimum absolute atomic E-state index is 0.0338. The summed E-state index contributed by atoms with van der Waals surface area (Å²) in [6.07, 6.45) is 0. The van der Waals surface area contributed by atoms with E-state index in [0.29, 0.717) is 0 Å². The van der Waals surface area contributed by atoms with Crippen LogP contribution in [-0.2, 0) is 16.6 Å². The summed E-state index contributed by atoms with van der Waals surface area (Å²) in [6, 6.07) is 0. The maximum atomic E-state index is 11.7. The predicted octanol–water partition coefficient (Wildman–Crippen LogP) is 0.546. The lowest BCUT2D eigenvalue weighted by molar-refractivity contribution is 0.578. The molecule has 0 aliphatic rings. The zero-order chi connectivity index (χ0) is 12.3. The van der Waals surface area contributed by atoms with Gasteiger partial charge in [-0.05, 0) is 13.8 Å². The van der Waals surface area contributed by atoms with E-state index >= 15 is 0 Å². The molecule has 0 saturated heterocycles. The van der Waals surface area contributed by atoms with Crippen molar-refractivity contribution >= 4 is 38.6 Å². The van der Waals surface area contributed by atoms with Crippen LogP contribution in [0.3, 0.4) is 0 Å². The molecule has 90 valence electrons. The SMILES string of the molecule is Cc1ncsc1CNS(=O)(=O)C(C)C(N)=S. The fraction of sp³-hybridized carbons (Fsp3) is 0.500. The van der Waals surface area contributed by atoms with Gasteiger partial charge in [0, 0.05) is 11.4 Å². The molecule has 1 unspecified atom stereocenters. The molecule has 1 heterocycles. The van der Waals surface area contributed by atoms with E-state index in [1.165, 1.54) is 18.3 Å². The molecule has 0 aliphatic heterocycles. The Morgan fingerprint density at radius 3 is 2.81 bits per heavy atom. The molecule has 1 aromatic heterocycles. The number of nitrogens with one attached hydrogen (secondary N) is 1. The molecule has 0 fully saturated rings. The van der Waals surface area contributed by atoms with Gasteiger partial charge in [0.1, 0.15) is 5.25 Å². The smallest absolute Gasteiger partial charge is 0.221 e. The summed E-state index contributed by atoms with van der Waals surface area (Å²) in [6.45, 7) is 3.52. The lowest BCUT2D eigenvalue weighted by Gasteiger charge is -2.11. The van der Waals surface area contributed by atoms with Crippen molar-refractivity contribution in [3.8, 4) is 0 Å². The third-order valence-corrected chi connectivity index (χ3v) is 5.31. The van der Waals surface area contributed by atoms with E-state index in [9.17, 15) is 8.42 Å². The Bertz CT molecular complexity index is 480. The van der Waals surface area contributed by atoms with Gasteiger partial charge in [0.25, 0.3) is 0 Å². The van der Waals surface area contributed by atoms with Crippen LogP contribution in [0, 0.1) is 6.92 Å². The lowest BCUT2D eigenvalue weighted by Crippen LogP contribution is -2.39. The van der Waals surface area contributed by atoms with Gasteiger partial charge in [-0.15, -0.1) is 11.3 Å². The van der Waals surface area contributed by atoms with Gasteiger partial charge < -0.3 is 5.73 Å². The first-order valence-corrected chi connectivity index (χ1v) is 7.34. The van der Waals surface area contributed by atoms with E-state index in [-0.39, 0.29) is 11.5 Å². The molecular weight excluding hydrogens is 266 g/mol. The Morgan fingerprint density at radius 2 is 2.38 bits per heavy atom. The number of thiocarbonyl (C=S) groups is 1. The fourth-order valence-corrected chi connectivity index (χ4v) is 3.03. The van der Waals surface area contributed by atoms with Crippen molar-refractivity contribution in [2.45, 2.75) is 25.6 Å². The van der Waals surface area contributed by atoms with Crippen LogP contribution in [0.5, 0.6) is 0 Å². The van der Waals surface area contributed by atoms with Crippen molar-refractivity contribution in [2.24, 2.45) is 5.73 Å². The second kappa shape index (κ2) is 5.17. The summed E-state index contributed by atoms with van der Waals surface area (Å²) in [5.74, 6) is 0. The molecule has 1 rings (SSSR count). The van der Waals surface area contributed by atoms with Crippen LogP contribution >= 0.6 is 23.6 Å². The Balaban J connectivity index is 2.69. The highest BCUT2D eigenvalue weighted by atomic mass is 32.2. The van der Waals surface area contributed by atoms with Crippen molar-refractivity contribution in [1.82, 2.24) is 9.71 Å². The summed E-state index contributed by atoms with van der Waals surface area (Å²) < 4.78 is 25.8. The van der Waals surface area contributed by atoms with Gasteiger partial charge in [-0.1, -0.05) is 12.2 Å². The molecule has 16 heavy (non-hydrogen) atoms. The van der Waals surface area contributed by atoms with Gasteiger partial charge in [-0.25, -0.2) is 18.1 Å². The van der Waals surface area contributed by atoms with E-state index in [1.807, 2.05) is 6.92 Å². The Morgan fingerprint density at radius 1 is 1.75 bits per heavy atom. The molecule has 3 N–H and O–H groups in total. The Labute approximate surface area is 104 Å². The lowest BCUT2D eigenvalue weighted by atomic mass is 10.4. The van der Waals surface area contributed by atoms with Crippen molar-refractivity contribution in [3.05, 3.63) is 16.1 Å². The zero-order valence-electron chi connectivity index (χ0n) is 8.93. The molecule has 1 aromatic rings. The number of rotatable bonds is 5. The maximum Gasteiger partial charge on any atom is 0.221 e. The first kappa shape index (κ1) is 13.5. The highest BCUT2D eigenvalue weighted by molar-refractivity contribution is 7.93. The topological polar surface area (TPSA) is 85.1 Å². The van der Waals surface area contributed by atoms with Gasteiger partial charge in [-0.2, -0.15) is 0 Å². The monoisotopic (exact) mass is 279 g/mol. The summed E-state index contributed by atoms with van der Waals surface area (Å²) in [5, 5.41) is -0.865. The van der Waals surface area contributed by atoms with E-state index in [4.69, 9.17) is 5.73 Å². The number of hydrogen-bond acceptors (Lipinski definition) is 5. The number of hydrogen-bond donors (Lipinski definition) is 2. The van der Waals surface area contributed by atoms with E-state index < -0.39 is 15.3 Å². The minimum Gasteiger partial charge on any atom is -0.392 e. The molecule has 1 atom stereocenters. The number of aryl methyl sites for hydroxylation is 1. The first-order chi connectivity index (χ1) is 7.34. The van der Waals surface area contributed by atoms with Crippen LogP contribution in [0.15, 0.2) is 5.51 Å². The number of thiazole rings is 1. The van der Waals surface area contributed by atoms with Crippen LogP contribution < -0.4 is 10.5 Å². The molecule has 0 aliphatic carbocycles. The van der Waals surface area contributed by atoms with Gasteiger partial charge in [-0.3, -0.25) is 0 Å². The van der Waals surface area contributed by atoms with E-state index in [2.05, 4.69) is 21.9 Å². The van der Waals surface area contributed by atoms with E-state index in [1.54, 1.807) is 5.51 Å². The zero-order valence-corrected chi connectivity index (χ0v) is 11.4. The molecule has 8 heteroatoms. The molecule has 0 aromatic carbocycles. The average molecular weight is 279 g/mol. The largest absolute Gasteiger partial charge is 0.392 e. The minimum atomic E-state index is -3.49. The number of aromatic nitrogens is 1. The van der Waals surface area contributed by atoms with Crippen LogP contribution in [0.4, 0.5) is 0 Å². The molecular formula is C8H13N3O2S3. The highest BCUT2D eigenvalue weighted by Crippen LogP contribution is 2.12. The standard InChI is InChI=1S/C8H13N3O2S3/c1-5-7(15-4-10-5)3-11-16(12,13)6(2)8(9)14/h4,6,11H,3H2,1-2H3,(H2,9,14). The molecule has 5 nitrogen and oxygen atoms in total. The van der Waals surface area contributed by atoms with E-state index in [0.717, 1.165) is 10.6 Å². The number of nitrogens with two attached hydrogens (primary N) is 1. The molecule has 0 bridgehead atoms. The van der Waals surface area contributed by atoms with Crippen LogP contribution in [0.25, 0.3) is 0 Å². The van der Waals surface area contributed by atoms with Gasteiger partial charge in [0.05, 0.1) is 16.2 Å². The Kier molecular flexibility index (Phi) is 4.36. The average Bonchev–Trinajstić information content (AvgIpc) is 2.60. The summed E-state index contributed by atoms with van der Waals surface area (Å²) >= 11 is 6.06. The molecule has 0 radical (unpaired) electrons. The van der Waals surface area contributed by atoms with Crippen LogP contribution in [0.2, 0.25) is 0 Å². The molecule has 0 spiro atoms. The number of nitrogens with zero attached hydrogens (tertiary/aromatic N) is 1. The van der Waals surface area contributed by atoms with Gasteiger partial charge >= 0.3 is 0 Å². The fourth-order valence-electron chi connectivity index (χ4n) is 0.940. The van der Waals surface area contributed by atoms with Crippen LogP contribution in [0.1, 0.15) is 17.5 Å². The maximum absolute atomic E-state index is 11.7. The third kappa shape index (κ3) is 3.21. The third-order valence-electron chi connectivity index (χ3n) is 2.14. The molecule has 0 amide bonds. The summed E-state index contributed by atoms with van der Waals surface area (Å²) in [4.78, 5) is 4.88. The van der Waals surface area contributed by atoms with Gasteiger partial charge in [0.15, 0.2) is 0 Å².